The Kier molecular flexibility index (Phi) is 21.2. The Morgan fingerprint density at radius 3 is 2.19 bits per heavy atom. The molecule has 0 saturated carbocycles. The van der Waals surface area contributed by atoms with Crippen molar-refractivity contribution in [3.63, 3.8) is 0 Å². The van der Waals surface area contributed by atoms with E-state index >= 15 is 0 Å². The summed E-state index contributed by atoms with van der Waals surface area (Å²) in [4.78, 5) is 71.2. The number of aliphatic hydroxyl groups is 1. The van der Waals surface area contributed by atoms with E-state index in [-0.39, 0.29) is 42.8 Å². The lowest BCUT2D eigenvalue weighted by molar-refractivity contribution is -0.322. The summed E-state index contributed by atoms with van der Waals surface area (Å²) in [6.45, 7) is 22.7. The van der Waals surface area contributed by atoms with E-state index in [1.54, 1.807) is 52.7 Å². The number of ketones is 1. The first kappa shape index (κ1) is 63.1. The molecule has 0 radical (unpaired) electrons. The maximum atomic E-state index is 14.9. The lowest BCUT2D eigenvalue weighted by Gasteiger charge is -2.50. The van der Waals surface area contributed by atoms with Crippen LogP contribution in [0.3, 0.4) is 0 Å². The van der Waals surface area contributed by atoms with E-state index in [9.17, 15) is 34.2 Å². The Hall–Kier alpha value is -4.09. The van der Waals surface area contributed by atoms with Gasteiger partial charge in [-0.15, -0.1) is 0 Å². The summed E-state index contributed by atoms with van der Waals surface area (Å²) in [5, 5.41) is 25.4. The summed E-state index contributed by atoms with van der Waals surface area (Å²) in [5.74, 6) is -5.09. The summed E-state index contributed by atoms with van der Waals surface area (Å²) in [7, 11) is 8.57. The van der Waals surface area contributed by atoms with Gasteiger partial charge in [0.25, 0.3) is 0 Å². The van der Waals surface area contributed by atoms with Crippen molar-refractivity contribution in [3.05, 3.63) is 45.7 Å². The molecule has 3 N–H and O–H groups in total. The summed E-state index contributed by atoms with van der Waals surface area (Å²) in [6, 6.07) is 4.59. The molecule has 6 rings (SSSR count). The van der Waals surface area contributed by atoms with E-state index in [0.29, 0.717) is 49.9 Å². The van der Waals surface area contributed by atoms with Gasteiger partial charge in [-0.3, -0.25) is 14.4 Å². The second-order valence-corrected chi connectivity index (χ2v) is 23.4. The Morgan fingerprint density at radius 2 is 1.56 bits per heavy atom. The molecule has 0 spiro atoms. The van der Waals surface area contributed by atoms with Crippen molar-refractivity contribution < 1.29 is 72.0 Å². The van der Waals surface area contributed by atoms with Crippen LogP contribution >= 0.6 is 0 Å². The number of ether oxygens (including phenoxy) is 9. The number of methoxy groups -OCH3 is 2. The number of carboxylic acids is 1. The molecule has 4 saturated heterocycles. The van der Waals surface area contributed by atoms with Crippen LogP contribution in [-0.2, 0) is 65.2 Å². The minimum atomic E-state index is -1.38. The number of aromatic carboxylic acids is 1. The van der Waals surface area contributed by atoms with Gasteiger partial charge < -0.3 is 72.5 Å². The second-order valence-electron chi connectivity index (χ2n) is 23.4. The van der Waals surface area contributed by atoms with E-state index in [4.69, 9.17) is 42.6 Å². The maximum Gasteiger partial charge on any atom is 0.410 e. The molecule has 1 aromatic carbocycles. The van der Waals surface area contributed by atoms with E-state index < -0.39 is 119 Å². The van der Waals surface area contributed by atoms with Crippen molar-refractivity contribution in [2.24, 2.45) is 23.7 Å². The minimum absolute atomic E-state index is 0.141. The van der Waals surface area contributed by atoms with Crippen LogP contribution in [0.2, 0.25) is 0 Å². The molecule has 0 bridgehead atoms. The molecule has 20 heteroatoms. The number of pyridine rings is 1. The van der Waals surface area contributed by atoms with Crippen molar-refractivity contribution in [1.82, 2.24) is 19.7 Å². The number of Topliss-reactive ketones (excluding diaryl/α,β-unsaturated/α-hetero) is 1. The predicted octanol–water partition coefficient (Wildman–Crippen LogP) is 6.21. The number of rotatable bonds is 19. The van der Waals surface area contributed by atoms with Gasteiger partial charge in [0.15, 0.2) is 18.2 Å². The number of aliphatic hydroxyl groups excluding tert-OH is 1. The molecular formula is C58H92N4O16. The molecule has 440 valence electrons. The average Bonchev–Trinajstić information content (AvgIpc) is 3.74. The van der Waals surface area contributed by atoms with E-state index in [2.05, 4.69) is 5.32 Å². The van der Waals surface area contributed by atoms with Gasteiger partial charge in [0.2, 0.25) is 5.43 Å². The van der Waals surface area contributed by atoms with E-state index in [1.165, 1.54) is 11.1 Å². The minimum Gasteiger partial charge on any atom is -0.477 e. The number of aromatic nitrogens is 1. The maximum absolute atomic E-state index is 14.9. The number of hydrogen-bond acceptors (Lipinski definition) is 17. The zero-order chi connectivity index (χ0) is 57.8. The Morgan fingerprint density at radius 1 is 0.897 bits per heavy atom. The molecule has 1 aromatic heterocycles. The highest BCUT2D eigenvalue weighted by molar-refractivity contribution is 5.92. The van der Waals surface area contributed by atoms with Crippen LogP contribution in [0, 0.1) is 23.7 Å². The number of cyclic esters (lactones) is 1. The van der Waals surface area contributed by atoms with Crippen LogP contribution in [0.1, 0.15) is 131 Å². The molecule has 4 fully saturated rings. The molecule has 4 aliphatic heterocycles. The monoisotopic (exact) mass is 1100 g/mol. The van der Waals surface area contributed by atoms with E-state index in [1.807, 2.05) is 86.5 Å². The van der Waals surface area contributed by atoms with Crippen molar-refractivity contribution in [2.45, 2.75) is 212 Å². The molecule has 20 nitrogen and oxygen atoms in total. The fourth-order valence-corrected chi connectivity index (χ4v) is 13.0. The van der Waals surface area contributed by atoms with Crippen LogP contribution in [0.15, 0.2) is 29.2 Å². The summed E-state index contributed by atoms with van der Waals surface area (Å²) < 4.78 is 60.7. The Labute approximate surface area is 461 Å². The van der Waals surface area contributed by atoms with Crippen molar-refractivity contribution in [2.75, 3.05) is 55.1 Å². The smallest absolute Gasteiger partial charge is 0.410 e. The third-order valence-electron chi connectivity index (χ3n) is 17.5. The van der Waals surface area contributed by atoms with Crippen molar-refractivity contribution >= 4 is 34.7 Å². The first-order valence-electron chi connectivity index (χ1n) is 28.2. The number of carbonyl (C=O) groups excluding carboxylic acids is 3. The number of benzene rings is 1. The number of hydrogen-bond donors (Lipinski definition) is 3. The van der Waals surface area contributed by atoms with Gasteiger partial charge in [-0.2, -0.15) is 0 Å². The highest BCUT2D eigenvalue weighted by Crippen LogP contribution is 2.45. The zero-order valence-corrected chi connectivity index (χ0v) is 49.2. The Bertz CT molecular complexity index is 2460. The molecular weight excluding hydrogens is 1010 g/mol. The van der Waals surface area contributed by atoms with Gasteiger partial charge in [-0.05, 0) is 132 Å². The van der Waals surface area contributed by atoms with Crippen LogP contribution in [0.5, 0.6) is 0 Å². The number of nitrogens with one attached hydrogen (secondary N) is 1. The first-order valence-corrected chi connectivity index (χ1v) is 28.2. The largest absolute Gasteiger partial charge is 0.477 e. The van der Waals surface area contributed by atoms with Gasteiger partial charge in [0.1, 0.15) is 29.7 Å². The van der Waals surface area contributed by atoms with Crippen LogP contribution < -0.4 is 10.7 Å². The first-order chi connectivity index (χ1) is 36.7. The van der Waals surface area contributed by atoms with Gasteiger partial charge in [0, 0.05) is 76.2 Å². The SMILES string of the molecule is CC[C@@H]1OC(=O)[C@H](C)[C@H](O[C@@H]2C[C@](C)(OC)[C@H](OCCCNCCCc3ccc4c(c3)c(=O)c(C(=O)O)cn4CC)[C@H](C)O2)[C@@H](C)[C@H](O[C@H]2O[C@@H](C)C[C@@H](N(C)C)[C@H]2O)[C@](C)(OC)C[C@H](C)C(=O)[C@@H](C)[C@H]2N(C)C(=O)O[C@@]12C. The number of amides is 1. The van der Waals surface area contributed by atoms with Crippen LogP contribution in [0.25, 0.3) is 10.9 Å². The lowest BCUT2D eigenvalue weighted by atomic mass is 9.73. The molecule has 2 aromatic rings. The molecule has 5 heterocycles. The molecule has 0 unspecified atom stereocenters. The average molecular weight is 1100 g/mol. The normalized spacial score (nSPS) is 37.3. The highest BCUT2D eigenvalue weighted by atomic mass is 16.7. The topological polar surface area (TPSA) is 232 Å². The number of likely N-dealkylation sites (N-methyl/N-ethyl adjacent to an activating group) is 2. The fourth-order valence-electron chi connectivity index (χ4n) is 13.0. The molecule has 18 atom stereocenters. The van der Waals surface area contributed by atoms with Crippen LogP contribution in [0.4, 0.5) is 4.79 Å². The zero-order valence-electron chi connectivity index (χ0n) is 49.2. The molecule has 78 heavy (non-hydrogen) atoms. The highest BCUT2D eigenvalue weighted by Gasteiger charge is 2.60. The van der Waals surface area contributed by atoms with Crippen LogP contribution in [-0.4, -0.2) is 188 Å². The van der Waals surface area contributed by atoms with Gasteiger partial charge in [0.05, 0.1) is 53.1 Å². The van der Waals surface area contributed by atoms with Crippen molar-refractivity contribution in [3.8, 4) is 0 Å². The number of aryl methyl sites for hydroxylation is 2. The third kappa shape index (κ3) is 13.3. The fraction of sp³-hybridized carbons (Fsp3) is 0.776. The molecule has 4 aliphatic rings. The Balaban J connectivity index is 1.20. The lowest BCUT2D eigenvalue weighted by Crippen LogP contribution is -2.62. The van der Waals surface area contributed by atoms with Gasteiger partial charge >= 0.3 is 18.0 Å². The second kappa shape index (κ2) is 26.2. The quantitative estimate of drug-likeness (QED) is 0.105. The molecule has 1 amide bonds. The van der Waals surface area contributed by atoms with Gasteiger partial charge in [-0.1, -0.05) is 33.8 Å². The predicted molar refractivity (Wildman–Crippen MR) is 291 cm³/mol. The number of nitrogens with zero attached hydrogens (tertiary/aromatic N) is 3. The summed E-state index contributed by atoms with van der Waals surface area (Å²) in [6.07, 6.45) is -3.18. The van der Waals surface area contributed by atoms with E-state index in [0.717, 1.165) is 18.5 Å². The van der Waals surface area contributed by atoms with Crippen molar-refractivity contribution in [1.29, 1.82) is 0 Å². The molecule has 0 aliphatic carbocycles. The standard InChI is InChI=1S/C58H92N4O16/c1-17-43-58(11)49(61(14)55(69)78-58)34(5)45(63)32(3)29-56(9,70-15)50(77-54-47(65)42(60(12)13)27-33(4)73-54)35(6)48(36(7)53(68)75-43)76-44-30-57(10,71-16)51(37(8)74-44)72-26-20-25-59-24-19-21-38-22-23-41-39(28-38)46(64)40(52(66)67)31-62(41)18-2/h22-23,28,31-37,42-44,47-51,54,59,65H,17-21,24-27,29-30H2,1-16H3,(H,66,67)/t32-,33-,34+,35+,36+,37-,42+,43-,44+,47+,48+,49+,50-,51+,54+,56+,57-,58-/m0/s1. The summed E-state index contributed by atoms with van der Waals surface area (Å²) in [5.41, 5.74) is -2.60. The number of fused-ring (bicyclic) bond motifs is 2. The third-order valence-corrected chi connectivity index (χ3v) is 17.5. The number of esters is 1. The number of carbonyl (C=O) groups is 4. The van der Waals surface area contributed by atoms with Gasteiger partial charge in [-0.25, -0.2) is 9.59 Å². The summed E-state index contributed by atoms with van der Waals surface area (Å²) >= 11 is 0. The number of carboxylic acid groups (broad SMARTS) is 1.